The fraction of sp³-hybridized carbons (Fsp3) is 0.688. The van der Waals surface area contributed by atoms with E-state index in [-0.39, 0.29) is 0 Å². The Kier molecular flexibility index (Phi) is 4.47. The fourth-order valence-electron chi connectivity index (χ4n) is 3.31. The van der Waals surface area contributed by atoms with Crippen LogP contribution in [-0.4, -0.2) is 9.81 Å². The number of hydrogen-bond donors (Lipinski definition) is 0. The Labute approximate surface area is 120 Å². The van der Waals surface area contributed by atoms with Crippen LogP contribution in [0.1, 0.15) is 57.9 Å². The molecule has 0 spiro atoms. The van der Waals surface area contributed by atoms with Crippen molar-refractivity contribution in [3.63, 3.8) is 0 Å². The van der Waals surface area contributed by atoms with Gasteiger partial charge in [0.25, 0.3) is 0 Å². The van der Waals surface area contributed by atoms with E-state index in [0.717, 1.165) is 5.92 Å². The van der Waals surface area contributed by atoms with Crippen molar-refractivity contribution in [3.05, 3.63) is 30.1 Å². The van der Waals surface area contributed by atoms with E-state index in [0.29, 0.717) is 16.2 Å². The van der Waals surface area contributed by atoms with Crippen LogP contribution in [0.25, 0.3) is 0 Å². The summed E-state index contributed by atoms with van der Waals surface area (Å²) >= 11 is 4.00. The average Bonchev–Trinajstić information content (AvgIpc) is 2.37. The quantitative estimate of drug-likeness (QED) is 0.702. The van der Waals surface area contributed by atoms with Gasteiger partial charge in [-0.1, -0.05) is 49.5 Å². The minimum Gasteiger partial charge on any atom is -0.265 e. The van der Waals surface area contributed by atoms with E-state index in [1.165, 1.54) is 31.2 Å². The Morgan fingerprint density at radius 2 is 1.94 bits per heavy atom. The first kappa shape index (κ1) is 14.0. The summed E-state index contributed by atoms with van der Waals surface area (Å²) in [6, 6.07) is 4.30. The summed E-state index contributed by atoms with van der Waals surface area (Å²) < 4.78 is 0. The van der Waals surface area contributed by atoms with Crippen LogP contribution in [0, 0.1) is 11.3 Å². The van der Waals surface area contributed by atoms with Crippen molar-refractivity contribution in [2.24, 2.45) is 11.3 Å². The summed E-state index contributed by atoms with van der Waals surface area (Å²) in [5, 5.41) is 0. The summed E-state index contributed by atoms with van der Waals surface area (Å²) in [5.74, 6) is 1.32. The highest BCUT2D eigenvalue weighted by atomic mass is 79.9. The number of aromatic nitrogens is 1. The zero-order valence-corrected chi connectivity index (χ0v) is 13.3. The van der Waals surface area contributed by atoms with Gasteiger partial charge in [0.2, 0.25) is 0 Å². The lowest BCUT2D eigenvalue weighted by Gasteiger charge is -2.43. The van der Waals surface area contributed by atoms with Crippen molar-refractivity contribution in [2.45, 2.75) is 57.2 Å². The molecule has 0 N–H and O–H groups in total. The van der Waals surface area contributed by atoms with Crippen LogP contribution in [0.4, 0.5) is 0 Å². The SMILES string of the molecule is CC(c1ccncc1)C(Br)C1CCCCC1(C)C. The molecular formula is C16H24BrN. The van der Waals surface area contributed by atoms with Gasteiger partial charge in [0.05, 0.1) is 0 Å². The predicted octanol–water partition coefficient (Wildman–Crippen LogP) is 5.17. The Balaban J connectivity index is 2.13. The summed E-state index contributed by atoms with van der Waals surface area (Å²) in [4.78, 5) is 4.68. The number of rotatable bonds is 3. The molecular weight excluding hydrogens is 286 g/mol. The van der Waals surface area contributed by atoms with Gasteiger partial charge in [0, 0.05) is 17.2 Å². The van der Waals surface area contributed by atoms with E-state index in [4.69, 9.17) is 0 Å². The van der Waals surface area contributed by atoms with Gasteiger partial charge in [0.1, 0.15) is 0 Å². The Hall–Kier alpha value is -0.370. The molecule has 0 saturated heterocycles. The topological polar surface area (TPSA) is 12.9 Å². The predicted molar refractivity (Wildman–Crippen MR) is 81.1 cm³/mol. The van der Waals surface area contributed by atoms with E-state index in [2.05, 4.69) is 53.8 Å². The molecule has 0 amide bonds. The number of nitrogens with zero attached hydrogens (tertiary/aromatic N) is 1. The van der Waals surface area contributed by atoms with Crippen molar-refractivity contribution < 1.29 is 0 Å². The molecule has 3 atom stereocenters. The molecule has 0 bridgehead atoms. The molecule has 1 fully saturated rings. The van der Waals surface area contributed by atoms with Crippen LogP contribution < -0.4 is 0 Å². The van der Waals surface area contributed by atoms with Crippen molar-refractivity contribution in [2.75, 3.05) is 0 Å². The first-order chi connectivity index (χ1) is 8.52. The summed E-state index contributed by atoms with van der Waals surface area (Å²) in [6.07, 6.45) is 9.31. The molecule has 2 rings (SSSR count). The van der Waals surface area contributed by atoms with Crippen LogP contribution in [0.5, 0.6) is 0 Å². The van der Waals surface area contributed by atoms with Gasteiger partial charge in [-0.05, 0) is 47.8 Å². The first-order valence-corrected chi connectivity index (χ1v) is 7.98. The van der Waals surface area contributed by atoms with E-state index in [1.807, 2.05) is 12.4 Å². The number of alkyl halides is 1. The maximum atomic E-state index is 4.11. The molecule has 100 valence electrons. The molecule has 0 radical (unpaired) electrons. The summed E-state index contributed by atoms with van der Waals surface area (Å²) in [6.45, 7) is 7.20. The molecule has 0 aliphatic heterocycles. The largest absolute Gasteiger partial charge is 0.265 e. The Morgan fingerprint density at radius 3 is 2.56 bits per heavy atom. The van der Waals surface area contributed by atoms with E-state index in [1.54, 1.807) is 0 Å². The van der Waals surface area contributed by atoms with Gasteiger partial charge in [-0.15, -0.1) is 0 Å². The van der Waals surface area contributed by atoms with Crippen LogP contribution in [-0.2, 0) is 0 Å². The lowest BCUT2D eigenvalue weighted by molar-refractivity contribution is 0.130. The third-order valence-electron chi connectivity index (χ3n) is 4.68. The van der Waals surface area contributed by atoms with Crippen LogP contribution in [0.2, 0.25) is 0 Å². The zero-order chi connectivity index (χ0) is 13.2. The molecule has 1 saturated carbocycles. The lowest BCUT2D eigenvalue weighted by Crippen LogP contribution is -2.36. The smallest absolute Gasteiger partial charge is 0.0270 e. The molecule has 2 heteroatoms. The molecule has 3 unspecified atom stereocenters. The summed E-state index contributed by atoms with van der Waals surface area (Å²) in [5.41, 5.74) is 1.86. The second kappa shape index (κ2) is 5.73. The molecule has 0 aromatic carbocycles. The van der Waals surface area contributed by atoms with Gasteiger partial charge in [0.15, 0.2) is 0 Å². The molecule has 1 aromatic heterocycles. The van der Waals surface area contributed by atoms with Crippen molar-refractivity contribution in [1.82, 2.24) is 4.98 Å². The van der Waals surface area contributed by atoms with Gasteiger partial charge in [-0.25, -0.2) is 0 Å². The van der Waals surface area contributed by atoms with Crippen molar-refractivity contribution in [3.8, 4) is 0 Å². The highest BCUT2D eigenvalue weighted by molar-refractivity contribution is 9.09. The molecule has 1 aliphatic rings. The third-order valence-corrected chi connectivity index (χ3v) is 6.12. The van der Waals surface area contributed by atoms with E-state index < -0.39 is 0 Å². The van der Waals surface area contributed by atoms with Gasteiger partial charge in [-0.2, -0.15) is 0 Å². The van der Waals surface area contributed by atoms with Crippen LogP contribution in [0.15, 0.2) is 24.5 Å². The second-order valence-electron chi connectivity index (χ2n) is 6.35. The molecule has 18 heavy (non-hydrogen) atoms. The fourth-order valence-corrected chi connectivity index (χ4v) is 4.60. The highest BCUT2D eigenvalue weighted by Gasteiger charge is 2.38. The van der Waals surface area contributed by atoms with Gasteiger partial charge in [-0.3, -0.25) is 4.98 Å². The molecule has 1 aliphatic carbocycles. The zero-order valence-electron chi connectivity index (χ0n) is 11.7. The number of pyridine rings is 1. The van der Waals surface area contributed by atoms with Crippen molar-refractivity contribution in [1.29, 1.82) is 0 Å². The summed E-state index contributed by atoms with van der Waals surface area (Å²) in [7, 11) is 0. The molecule has 1 aromatic rings. The number of halogens is 1. The molecule has 1 nitrogen and oxygen atoms in total. The highest BCUT2D eigenvalue weighted by Crippen LogP contribution is 2.47. The van der Waals surface area contributed by atoms with Crippen molar-refractivity contribution >= 4 is 15.9 Å². The van der Waals surface area contributed by atoms with Crippen LogP contribution in [0.3, 0.4) is 0 Å². The second-order valence-corrected chi connectivity index (χ2v) is 7.41. The monoisotopic (exact) mass is 309 g/mol. The number of hydrogen-bond acceptors (Lipinski definition) is 1. The van der Waals surface area contributed by atoms with Crippen LogP contribution >= 0.6 is 15.9 Å². The van der Waals surface area contributed by atoms with E-state index in [9.17, 15) is 0 Å². The van der Waals surface area contributed by atoms with Gasteiger partial charge < -0.3 is 0 Å². The normalized spacial score (nSPS) is 26.6. The minimum absolute atomic E-state index is 0.466. The maximum absolute atomic E-state index is 4.11. The first-order valence-electron chi connectivity index (χ1n) is 7.06. The Bertz CT molecular complexity index is 374. The Morgan fingerprint density at radius 1 is 1.28 bits per heavy atom. The van der Waals surface area contributed by atoms with Gasteiger partial charge >= 0.3 is 0 Å². The molecule has 1 heterocycles. The standard InChI is InChI=1S/C16H24BrN/c1-12(13-7-10-18-11-8-13)15(17)14-6-4-5-9-16(14,2)3/h7-8,10-12,14-15H,4-6,9H2,1-3H3. The third kappa shape index (κ3) is 2.96. The maximum Gasteiger partial charge on any atom is 0.0270 e. The average molecular weight is 310 g/mol. The minimum atomic E-state index is 0.466. The lowest BCUT2D eigenvalue weighted by atomic mass is 9.65. The van der Waals surface area contributed by atoms with E-state index >= 15 is 0 Å².